The Morgan fingerprint density at radius 2 is 1.95 bits per heavy atom. The molecule has 3 N–H and O–H groups in total. The van der Waals surface area contributed by atoms with Crippen molar-refractivity contribution in [3.63, 3.8) is 0 Å². The van der Waals surface area contributed by atoms with Gasteiger partial charge in [0, 0.05) is 31.0 Å². The predicted octanol–water partition coefficient (Wildman–Crippen LogP) is 2.39. The molecule has 2 unspecified atom stereocenters. The zero-order valence-corrected chi connectivity index (χ0v) is 12.9. The van der Waals surface area contributed by atoms with Gasteiger partial charge in [-0.3, -0.25) is 0 Å². The number of nitrogens with one attached hydrogen (secondary N) is 2. The third kappa shape index (κ3) is 3.60. The standard InChI is InChI=1S/C15H26N4O/c1-15(2,3)14-18-12(16-4)8-13(19-14)17-9-10-6-5-7-11(10)20/h8,10-11,20H,5-7,9H2,1-4H3,(H2,16,17,18,19). The minimum Gasteiger partial charge on any atom is -0.393 e. The zero-order chi connectivity index (χ0) is 14.8. The maximum Gasteiger partial charge on any atom is 0.138 e. The first-order chi connectivity index (χ1) is 9.40. The van der Waals surface area contributed by atoms with Crippen LogP contribution in [0.2, 0.25) is 0 Å². The maximum absolute atomic E-state index is 9.87. The fourth-order valence-electron chi connectivity index (χ4n) is 2.49. The highest BCUT2D eigenvalue weighted by Gasteiger charge is 2.25. The summed E-state index contributed by atoms with van der Waals surface area (Å²) in [6.07, 6.45) is 2.96. The van der Waals surface area contributed by atoms with Crippen LogP contribution in [0.1, 0.15) is 45.9 Å². The number of hydrogen-bond donors (Lipinski definition) is 3. The maximum atomic E-state index is 9.87. The number of aromatic nitrogens is 2. The van der Waals surface area contributed by atoms with E-state index in [0.29, 0.717) is 5.92 Å². The number of nitrogens with zero attached hydrogens (tertiary/aromatic N) is 2. The van der Waals surface area contributed by atoms with E-state index in [2.05, 4.69) is 41.4 Å². The van der Waals surface area contributed by atoms with E-state index in [1.807, 2.05) is 13.1 Å². The molecule has 0 spiro atoms. The average molecular weight is 278 g/mol. The van der Waals surface area contributed by atoms with Gasteiger partial charge in [0.15, 0.2) is 0 Å². The van der Waals surface area contributed by atoms with Crippen molar-refractivity contribution in [2.45, 2.75) is 51.6 Å². The Morgan fingerprint density at radius 3 is 2.50 bits per heavy atom. The highest BCUT2D eigenvalue weighted by Crippen LogP contribution is 2.26. The van der Waals surface area contributed by atoms with Crippen molar-refractivity contribution in [3.05, 3.63) is 11.9 Å². The van der Waals surface area contributed by atoms with E-state index in [4.69, 9.17) is 0 Å². The zero-order valence-electron chi connectivity index (χ0n) is 12.9. The minimum atomic E-state index is -0.171. The Labute approximate surface area is 121 Å². The molecule has 1 aromatic heterocycles. The van der Waals surface area contributed by atoms with Crippen molar-refractivity contribution < 1.29 is 5.11 Å². The first-order valence-corrected chi connectivity index (χ1v) is 7.39. The molecule has 0 aliphatic heterocycles. The Hall–Kier alpha value is -1.36. The molecule has 1 aliphatic carbocycles. The molecular formula is C15H26N4O. The summed E-state index contributed by atoms with van der Waals surface area (Å²) in [6, 6.07) is 1.91. The lowest BCUT2D eigenvalue weighted by Gasteiger charge is -2.20. The van der Waals surface area contributed by atoms with Gasteiger partial charge in [-0.1, -0.05) is 27.2 Å². The van der Waals surface area contributed by atoms with Gasteiger partial charge in [0.25, 0.3) is 0 Å². The summed E-state index contributed by atoms with van der Waals surface area (Å²) < 4.78 is 0. The highest BCUT2D eigenvalue weighted by molar-refractivity contribution is 5.47. The molecule has 0 aromatic carbocycles. The van der Waals surface area contributed by atoms with Crippen LogP contribution >= 0.6 is 0 Å². The molecule has 1 heterocycles. The fourth-order valence-corrected chi connectivity index (χ4v) is 2.49. The molecule has 1 saturated carbocycles. The highest BCUT2D eigenvalue weighted by atomic mass is 16.3. The lowest BCUT2D eigenvalue weighted by molar-refractivity contribution is 0.138. The molecule has 1 fully saturated rings. The molecule has 0 bridgehead atoms. The fraction of sp³-hybridized carbons (Fsp3) is 0.733. The van der Waals surface area contributed by atoms with Crippen molar-refractivity contribution in [2.75, 3.05) is 24.2 Å². The third-order valence-electron chi connectivity index (χ3n) is 3.82. The minimum absolute atomic E-state index is 0.0871. The van der Waals surface area contributed by atoms with Gasteiger partial charge in [-0.15, -0.1) is 0 Å². The van der Waals surface area contributed by atoms with E-state index in [9.17, 15) is 5.11 Å². The van der Waals surface area contributed by atoms with Crippen LogP contribution in [0, 0.1) is 5.92 Å². The number of aliphatic hydroxyl groups excluding tert-OH is 1. The van der Waals surface area contributed by atoms with Crippen LogP contribution < -0.4 is 10.6 Å². The largest absolute Gasteiger partial charge is 0.393 e. The lowest BCUT2D eigenvalue weighted by atomic mass is 9.96. The number of aliphatic hydroxyl groups is 1. The topological polar surface area (TPSA) is 70.1 Å². The normalized spacial score (nSPS) is 22.9. The molecule has 2 rings (SSSR count). The predicted molar refractivity (Wildman–Crippen MR) is 82.1 cm³/mol. The third-order valence-corrected chi connectivity index (χ3v) is 3.82. The second kappa shape index (κ2) is 5.95. The smallest absolute Gasteiger partial charge is 0.138 e. The van der Waals surface area contributed by atoms with Crippen molar-refractivity contribution in [1.82, 2.24) is 9.97 Å². The molecule has 5 heteroatoms. The first-order valence-electron chi connectivity index (χ1n) is 7.39. The van der Waals surface area contributed by atoms with Gasteiger partial charge < -0.3 is 15.7 Å². The molecule has 0 amide bonds. The van der Waals surface area contributed by atoms with E-state index >= 15 is 0 Å². The van der Waals surface area contributed by atoms with Crippen LogP contribution in [0.4, 0.5) is 11.6 Å². The summed E-state index contributed by atoms with van der Waals surface area (Å²) in [4.78, 5) is 9.10. The summed E-state index contributed by atoms with van der Waals surface area (Å²) in [5.74, 6) is 2.80. The van der Waals surface area contributed by atoms with Crippen LogP contribution in [0.15, 0.2) is 6.07 Å². The number of rotatable bonds is 4. The molecule has 0 saturated heterocycles. The lowest BCUT2D eigenvalue weighted by Crippen LogP contribution is -2.23. The molecule has 2 atom stereocenters. The van der Waals surface area contributed by atoms with Crippen molar-refractivity contribution in [2.24, 2.45) is 5.92 Å². The van der Waals surface area contributed by atoms with Crippen molar-refractivity contribution >= 4 is 11.6 Å². The van der Waals surface area contributed by atoms with Gasteiger partial charge in [0.1, 0.15) is 17.5 Å². The summed E-state index contributed by atoms with van der Waals surface area (Å²) >= 11 is 0. The van der Waals surface area contributed by atoms with Gasteiger partial charge in [-0.05, 0) is 12.8 Å². The van der Waals surface area contributed by atoms with Crippen molar-refractivity contribution in [3.8, 4) is 0 Å². The average Bonchev–Trinajstić information content (AvgIpc) is 2.80. The molecule has 1 aliphatic rings. The van der Waals surface area contributed by atoms with Gasteiger partial charge in [0.2, 0.25) is 0 Å². The molecule has 20 heavy (non-hydrogen) atoms. The van der Waals surface area contributed by atoms with Gasteiger partial charge in [-0.2, -0.15) is 0 Å². The Bertz CT molecular complexity index is 456. The van der Waals surface area contributed by atoms with Gasteiger partial charge in [0.05, 0.1) is 6.10 Å². The summed E-state index contributed by atoms with van der Waals surface area (Å²) in [6.45, 7) is 7.08. The SMILES string of the molecule is CNc1cc(NCC2CCCC2O)nc(C(C)(C)C)n1. The van der Waals surface area contributed by atoms with E-state index in [1.54, 1.807) is 0 Å². The van der Waals surface area contributed by atoms with Crippen molar-refractivity contribution in [1.29, 1.82) is 0 Å². The summed E-state index contributed by atoms with van der Waals surface area (Å²) in [5.41, 5.74) is -0.0871. The molecule has 5 nitrogen and oxygen atoms in total. The van der Waals surface area contributed by atoms with Crippen LogP contribution in [0.5, 0.6) is 0 Å². The molecule has 1 aromatic rings. The number of hydrogen-bond acceptors (Lipinski definition) is 5. The first kappa shape index (κ1) is 15.0. The Morgan fingerprint density at radius 1 is 1.25 bits per heavy atom. The Kier molecular flexibility index (Phi) is 4.48. The molecular weight excluding hydrogens is 252 g/mol. The van der Waals surface area contributed by atoms with E-state index in [1.165, 1.54) is 0 Å². The Balaban J connectivity index is 2.10. The van der Waals surface area contributed by atoms with Crippen LogP contribution in [0.25, 0.3) is 0 Å². The quantitative estimate of drug-likeness (QED) is 0.789. The van der Waals surface area contributed by atoms with Gasteiger partial charge in [-0.25, -0.2) is 9.97 Å². The van der Waals surface area contributed by atoms with E-state index < -0.39 is 0 Å². The summed E-state index contributed by atoms with van der Waals surface area (Å²) in [5, 5.41) is 16.3. The monoisotopic (exact) mass is 278 g/mol. The summed E-state index contributed by atoms with van der Waals surface area (Å²) in [7, 11) is 1.86. The second-order valence-electron chi connectivity index (χ2n) is 6.60. The number of anilines is 2. The van der Waals surface area contributed by atoms with Crippen LogP contribution in [0.3, 0.4) is 0 Å². The van der Waals surface area contributed by atoms with E-state index in [0.717, 1.165) is 43.3 Å². The van der Waals surface area contributed by atoms with E-state index in [-0.39, 0.29) is 11.5 Å². The van der Waals surface area contributed by atoms with Crippen LogP contribution in [-0.4, -0.2) is 34.8 Å². The molecule has 0 radical (unpaired) electrons. The molecule has 112 valence electrons. The van der Waals surface area contributed by atoms with Crippen LogP contribution in [-0.2, 0) is 5.41 Å². The van der Waals surface area contributed by atoms with Gasteiger partial charge >= 0.3 is 0 Å². The second-order valence-corrected chi connectivity index (χ2v) is 6.60.